The molecule has 2 atom stereocenters. The molecular weight excluding hydrogens is 308 g/mol. The number of carbonyl (C=O) groups excluding carboxylic acids is 2. The average Bonchev–Trinajstić information content (AvgIpc) is 3.00. The molecule has 2 N–H and O–H groups in total. The van der Waals surface area contributed by atoms with Crippen molar-refractivity contribution < 1.29 is 14.3 Å². The number of rotatable bonds is 7. The van der Waals surface area contributed by atoms with Gasteiger partial charge in [-0.05, 0) is 26.7 Å². The first-order chi connectivity index (χ1) is 11.5. The van der Waals surface area contributed by atoms with Crippen molar-refractivity contribution in [3.8, 4) is 0 Å². The third-order valence-electron chi connectivity index (χ3n) is 4.21. The molecule has 132 valence electrons. The Bertz CT molecular complexity index is 591. The van der Waals surface area contributed by atoms with Crippen molar-refractivity contribution in [2.75, 3.05) is 19.0 Å². The molecule has 1 aliphatic rings. The predicted octanol–water partition coefficient (Wildman–Crippen LogP) is 1.61. The highest BCUT2D eigenvalue weighted by molar-refractivity contribution is 5.79. The van der Waals surface area contributed by atoms with Crippen molar-refractivity contribution in [1.82, 2.24) is 15.3 Å². The number of esters is 1. The Morgan fingerprint density at radius 2 is 2.12 bits per heavy atom. The van der Waals surface area contributed by atoms with Crippen LogP contribution in [0.2, 0.25) is 0 Å². The van der Waals surface area contributed by atoms with Gasteiger partial charge in [0.2, 0.25) is 5.91 Å². The summed E-state index contributed by atoms with van der Waals surface area (Å²) in [7, 11) is 1.67. The van der Waals surface area contributed by atoms with E-state index < -0.39 is 0 Å². The summed E-state index contributed by atoms with van der Waals surface area (Å²) in [6.45, 7) is 4.00. The van der Waals surface area contributed by atoms with Crippen LogP contribution >= 0.6 is 0 Å². The van der Waals surface area contributed by atoms with Crippen molar-refractivity contribution >= 4 is 17.7 Å². The van der Waals surface area contributed by atoms with Gasteiger partial charge in [0, 0.05) is 31.3 Å². The number of nitrogens with zero attached hydrogens (tertiary/aromatic N) is 2. The number of ether oxygens (including phenoxy) is 1. The minimum Gasteiger partial charge on any atom is -0.466 e. The van der Waals surface area contributed by atoms with E-state index >= 15 is 0 Å². The van der Waals surface area contributed by atoms with Gasteiger partial charge in [0.05, 0.1) is 18.9 Å². The first kappa shape index (κ1) is 18.2. The smallest absolute Gasteiger partial charge is 0.306 e. The average molecular weight is 334 g/mol. The molecule has 0 radical (unpaired) electrons. The number of carbonyl (C=O) groups is 2. The molecule has 0 spiro atoms. The van der Waals surface area contributed by atoms with E-state index in [1.807, 2.05) is 13.0 Å². The fourth-order valence-electron chi connectivity index (χ4n) is 3.12. The van der Waals surface area contributed by atoms with Gasteiger partial charge >= 0.3 is 5.97 Å². The molecule has 0 aromatic carbocycles. The molecule has 0 saturated heterocycles. The highest BCUT2D eigenvalue weighted by Crippen LogP contribution is 2.28. The molecule has 0 aliphatic heterocycles. The predicted molar refractivity (Wildman–Crippen MR) is 90.5 cm³/mol. The van der Waals surface area contributed by atoms with Crippen molar-refractivity contribution in [1.29, 1.82) is 0 Å². The molecule has 1 aromatic rings. The number of hydrogen-bond donors (Lipinski definition) is 2. The van der Waals surface area contributed by atoms with Gasteiger partial charge in [0.15, 0.2) is 0 Å². The molecule has 1 fully saturated rings. The van der Waals surface area contributed by atoms with Crippen LogP contribution in [-0.2, 0) is 20.7 Å². The maximum absolute atomic E-state index is 12.0. The molecule has 1 aromatic heterocycles. The van der Waals surface area contributed by atoms with Crippen molar-refractivity contribution in [2.24, 2.45) is 5.92 Å². The summed E-state index contributed by atoms with van der Waals surface area (Å²) in [5, 5.41) is 6.10. The van der Waals surface area contributed by atoms with E-state index in [1.165, 1.54) is 0 Å². The fourth-order valence-corrected chi connectivity index (χ4v) is 3.12. The summed E-state index contributed by atoms with van der Waals surface area (Å²) < 4.78 is 4.94. The lowest BCUT2D eigenvalue weighted by Gasteiger charge is -2.20. The van der Waals surface area contributed by atoms with Crippen LogP contribution in [0.5, 0.6) is 0 Å². The maximum Gasteiger partial charge on any atom is 0.306 e. The van der Waals surface area contributed by atoms with Crippen molar-refractivity contribution in [3.63, 3.8) is 0 Å². The Morgan fingerprint density at radius 3 is 2.83 bits per heavy atom. The van der Waals surface area contributed by atoms with Gasteiger partial charge in [-0.15, -0.1) is 0 Å². The van der Waals surface area contributed by atoms with E-state index in [9.17, 15) is 9.59 Å². The minimum absolute atomic E-state index is 0.0340. The summed E-state index contributed by atoms with van der Waals surface area (Å²) in [6, 6.07) is 1.93. The first-order valence-electron chi connectivity index (χ1n) is 8.51. The zero-order valence-corrected chi connectivity index (χ0v) is 14.6. The lowest BCUT2D eigenvalue weighted by molar-refractivity contribution is -0.143. The lowest BCUT2D eigenvalue weighted by atomic mass is 10.0. The molecule has 24 heavy (non-hydrogen) atoms. The third kappa shape index (κ3) is 4.91. The maximum atomic E-state index is 12.0. The summed E-state index contributed by atoms with van der Waals surface area (Å²) in [5.74, 6) is 1.17. The van der Waals surface area contributed by atoms with Crippen LogP contribution in [0.15, 0.2) is 6.07 Å². The number of aryl methyl sites for hydroxylation is 2. The number of hydrogen-bond acceptors (Lipinski definition) is 6. The van der Waals surface area contributed by atoms with Crippen LogP contribution in [0, 0.1) is 12.8 Å². The molecule has 7 heteroatoms. The fraction of sp³-hybridized carbons (Fsp3) is 0.647. The van der Waals surface area contributed by atoms with Gasteiger partial charge in [-0.3, -0.25) is 9.59 Å². The molecule has 7 nitrogen and oxygen atoms in total. The van der Waals surface area contributed by atoms with Crippen LogP contribution < -0.4 is 10.6 Å². The van der Waals surface area contributed by atoms with E-state index in [0.29, 0.717) is 31.1 Å². The van der Waals surface area contributed by atoms with Gasteiger partial charge in [-0.2, -0.15) is 0 Å². The lowest BCUT2D eigenvalue weighted by Crippen LogP contribution is -2.36. The van der Waals surface area contributed by atoms with Gasteiger partial charge in [0.25, 0.3) is 0 Å². The second-order valence-corrected chi connectivity index (χ2v) is 6.00. The van der Waals surface area contributed by atoms with Gasteiger partial charge in [-0.25, -0.2) is 9.97 Å². The van der Waals surface area contributed by atoms with E-state index in [-0.39, 0.29) is 23.8 Å². The van der Waals surface area contributed by atoms with Gasteiger partial charge < -0.3 is 15.4 Å². The monoisotopic (exact) mass is 334 g/mol. The van der Waals surface area contributed by atoms with Crippen LogP contribution in [0.25, 0.3) is 0 Å². The molecule has 1 heterocycles. The van der Waals surface area contributed by atoms with Crippen molar-refractivity contribution in [2.45, 2.75) is 52.0 Å². The Labute approximate surface area is 142 Å². The molecular formula is C17H26N4O3. The Hall–Kier alpha value is -2.18. The highest BCUT2D eigenvalue weighted by atomic mass is 16.5. The van der Waals surface area contributed by atoms with Crippen LogP contribution in [0.4, 0.5) is 5.82 Å². The summed E-state index contributed by atoms with van der Waals surface area (Å²) in [4.78, 5) is 32.2. The highest BCUT2D eigenvalue weighted by Gasteiger charge is 2.32. The molecule has 0 bridgehead atoms. The standard InChI is InChI=1S/C17H26N4O3/c1-4-24-16(22)9-8-12-10-15(20-11(2)19-12)21-14-7-5-6-13(14)17(23)18-3/h10,13-14H,4-9H2,1-3H3,(H,18,23)(H,19,20,21)/t13-,14-/m1/s1. The Kier molecular flexibility index (Phi) is 6.52. The van der Waals surface area contributed by atoms with E-state index in [4.69, 9.17) is 4.74 Å². The van der Waals surface area contributed by atoms with E-state index in [0.717, 1.165) is 25.0 Å². The van der Waals surface area contributed by atoms with E-state index in [2.05, 4.69) is 20.6 Å². The summed E-state index contributed by atoms with van der Waals surface area (Å²) in [6.07, 6.45) is 3.67. The summed E-state index contributed by atoms with van der Waals surface area (Å²) >= 11 is 0. The summed E-state index contributed by atoms with van der Waals surface area (Å²) in [5.41, 5.74) is 0.799. The third-order valence-corrected chi connectivity index (χ3v) is 4.21. The molecule has 2 rings (SSSR count). The second kappa shape index (κ2) is 8.61. The molecule has 1 saturated carbocycles. The number of aromatic nitrogens is 2. The Balaban J connectivity index is 2.02. The minimum atomic E-state index is -0.223. The van der Waals surface area contributed by atoms with Crippen LogP contribution in [-0.4, -0.2) is 41.5 Å². The number of nitrogens with one attached hydrogen (secondary N) is 2. The normalized spacial score (nSPS) is 19.8. The zero-order valence-electron chi connectivity index (χ0n) is 14.6. The SMILES string of the molecule is CCOC(=O)CCc1cc(N[C@@H]2CCC[C@H]2C(=O)NC)nc(C)n1. The molecule has 1 aliphatic carbocycles. The first-order valence-corrected chi connectivity index (χ1v) is 8.51. The number of amides is 1. The van der Waals surface area contributed by atoms with Gasteiger partial charge in [-0.1, -0.05) is 6.42 Å². The van der Waals surface area contributed by atoms with Crippen molar-refractivity contribution in [3.05, 3.63) is 17.6 Å². The van der Waals surface area contributed by atoms with Crippen LogP contribution in [0.3, 0.4) is 0 Å². The topological polar surface area (TPSA) is 93.2 Å². The zero-order chi connectivity index (χ0) is 17.5. The largest absolute Gasteiger partial charge is 0.466 e. The quantitative estimate of drug-likeness (QED) is 0.736. The van der Waals surface area contributed by atoms with Gasteiger partial charge in [0.1, 0.15) is 11.6 Å². The van der Waals surface area contributed by atoms with E-state index in [1.54, 1.807) is 14.0 Å². The Morgan fingerprint density at radius 1 is 1.33 bits per heavy atom. The second-order valence-electron chi connectivity index (χ2n) is 6.00. The number of anilines is 1. The molecule has 0 unspecified atom stereocenters. The van der Waals surface area contributed by atoms with Crippen LogP contribution in [0.1, 0.15) is 44.1 Å². The molecule has 1 amide bonds.